The van der Waals surface area contributed by atoms with Crippen LogP contribution in [0.5, 0.6) is 23.0 Å². The van der Waals surface area contributed by atoms with Gasteiger partial charge in [-0.05, 0) is 42.5 Å². The fourth-order valence-corrected chi connectivity index (χ4v) is 1.67. The van der Waals surface area contributed by atoms with E-state index in [1.807, 2.05) is 12.1 Å². The SMILES string of the molecule is COc1ccc(C=COc2ccc(O)cc2)c(OC)c1. The molecule has 2 rings (SSSR count). The summed E-state index contributed by atoms with van der Waals surface area (Å²) in [6.45, 7) is 0. The Morgan fingerprint density at radius 3 is 2.25 bits per heavy atom. The van der Waals surface area contributed by atoms with E-state index in [0.29, 0.717) is 11.5 Å². The topological polar surface area (TPSA) is 47.9 Å². The Balaban J connectivity index is 2.09. The number of benzene rings is 2. The molecule has 0 aliphatic heterocycles. The maximum atomic E-state index is 9.18. The summed E-state index contributed by atoms with van der Waals surface area (Å²) in [5.74, 6) is 2.29. The second kappa shape index (κ2) is 6.52. The molecule has 0 bridgehead atoms. The fraction of sp³-hybridized carbons (Fsp3) is 0.125. The lowest BCUT2D eigenvalue weighted by molar-refractivity contribution is 0.393. The van der Waals surface area contributed by atoms with Crippen molar-refractivity contribution in [3.63, 3.8) is 0 Å². The summed E-state index contributed by atoms with van der Waals surface area (Å²) in [7, 11) is 3.21. The van der Waals surface area contributed by atoms with Crippen molar-refractivity contribution in [2.75, 3.05) is 14.2 Å². The van der Waals surface area contributed by atoms with Gasteiger partial charge in [0.1, 0.15) is 23.0 Å². The Hall–Kier alpha value is -2.62. The first kappa shape index (κ1) is 13.8. The van der Waals surface area contributed by atoms with Crippen LogP contribution in [0.25, 0.3) is 6.08 Å². The van der Waals surface area contributed by atoms with Gasteiger partial charge in [-0.1, -0.05) is 0 Å². The molecular formula is C16H16O4. The highest BCUT2D eigenvalue weighted by molar-refractivity contribution is 5.58. The number of hydrogen-bond acceptors (Lipinski definition) is 4. The molecule has 0 atom stereocenters. The molecule has 20 heavy (non-hydrogen) atoms. The Labute approximate surface area is 117 Å². The minimum atomic E-state index is 0.207. The molecule has 2 aromatic rings. The van der Waals surface area contributed by atoms with Crippen LogP contribution in [0.1, 0.15) is 5.56 Å². The van der Waals surface area contributed by atoms with Gasteiger partial charge in [0.25, 0.3) is 0 Å². The van der Waals surface area contributed by atoms with Gasteiger partial charge in [0.2, 0.25) is 0 Å². The van der Waals surface area contributed by atoms with E-state index in [1.165, 1.54) is 0 Å². The van der Waals surface area contributed by atoms with Gasteiger partial charge in [-0.25, -0.2) is 0 Å². The van der Waals surface area contributed by atoms with Crippen molar-refractivity contribution >= 4 is 6.08 Å². The minimum Gasteiger partial charge on any atom is -0.508 e. The van der Waals surface area contributed by atoms with Crippen molar-refractivity contribution in [1.29, 1.82) is 0 Å². The largest absolute Gasteiger partial charge is 0.508 e. The predicted molar refractivity (Wildman–Crippen MR) is 77.3 cm³/mol. The summed E-state index contributed by atoms with van der Waals surface area (Å²) in [6.07, 6.45) is 3.36. The van der Waals surface area contributed by atoms with Gasteiger partial charge in [-0.15, -0.1) is 0 Å². The van der Waals surface area contributed by atoms with E-state index in [0.717, 1.165) is 11.3 Å². The average Bonchev–Trinajstić information content (AvgIpc) is 2.49. The van der Waals surface area contributed by atoms with Gasteiger partial charge in [0.15, 0.2) is 0 Å². The van der Waals surface area contributed by atoms with Crippen molar-refractivity contribution in [2.24, 2.45) is 0 Å². The summed E-state index contributed by atoms with van der Waals surface area (Å²) < 4.78 is 15.9. The molecule has 4 heteroatoms. The van der Waals surface area contributed by atoms with Gasteiger partial charge < -0.3 is 19.3 Å². The van der Waals surface area contributed by atoms with Gasteiger partial charge in [0.05, 0.1) is 20.5 Å². The maximum Gasteiger partial charge on any atom is 0.129 e. The number of methoxy groups -OCH3 is 2. The molecule has 0 aromatic heterocycles. The standard InChI is InChI=1S/C16H16O4/c1-18-15-6-3-12(16(11-15)19-2)9-10-20-14-7-4-13(17)5-8-14/h3-11,17H,1-2H3. The van der Waals surface area contributed by atoms with Gasteiger partial charge in [-0.3, -0.25) is 0 Å². The van der Waals surface area contributed by atoms with Crippen LogP contribution < -0.4 is 14.2 Å². The first-order chi connectivity index (χ1) is 9.72. The molecule has 0 aliphatic carbocycles. The first-order valence-electron chi connectivity index (χ1n) is 6.07. The van der Waals surface area contributed by atoms with E-state index in [1.54, 1.807) is 56.9 Å². The molecule has 0 unspecified atom stereocenters. The third-order valence-corrected chi connectivity index (χ3v) is 2.73. The molecule has 2 aromatic carbocycles. The fourth-order valence-electron chi connectivity index (χ4n) is 1.67. The Morgan fingerprint density at radius 2 is 1.60 bits per heavy atom. The summed E-state index contributed by atoms with van der Waals surface area (Å²) in [5.41, 5.74) is 0.882. The van der Waals surface area contributed by atoms with E-state index in [-0.39, 0.29) is 5.75 Å². The van der Waals surface area contributed by atoms with Gasteiger partial charge in [-0.2, -0.15) is 0 Å². The molecule has 0 saturated carbocycles. The van der Waals surface area contributed by atoms with Crippen LogP contribution in [-0.4, -0.2) is 19.3 Å². The number of phenolic OH excluding ortho intramolecular Hbond substituents is 1. The highest BCUT2D eigenvalue weighted by atomic mass is 16.5. The van der Waals surface area contributed by atoms with Crippen LogP contribution in [0.4, 0.5) is 0 Å². The molecular weight excluding hydrogens is 256 g/mol. The van der Waals surface area contributed by atoms with Crippen LogP contribution in [0.2, 0.25) is 0 Å². The molecule has 0 saturated heterocycles. The van der Waals surface area contributed by atoms with Crippen molar-refractivity contribution in [2.45, 2.75) is 0 Å². The Morgan fingerprint density at radius 1 is 0.900 bits per heavy atom. The first-order valence-corrected chi connectivity index (χ1v) is 6.07. The highest BCUT2D eigenvalue weighted by Crippen LogP contribution is 2.25. The monoisotopic (exact) mass is 272 g/mol. The van der Waals surface area contributed by atoms with Crippen molar-refractivity contribution < 1.29 is 19.3 Å². The second-order valence-corrected chi connectivity index (χ2v) is 4.02. The molecule has 0 heterocycles. The van der Waals surface area contributed by atoms with E-state index in [2.05, 4.69) is 0 Å². The lowest BCUT2D eigenvalue weighted by atomic mass is 10.2. The van der Waals surface area contributed by atoms with E-state index >= 15 is 0 Å². The number of phenols is 1. The summed E-state index contributed by atoms with van der Waals surface area (Å²) >= 11 is 0. The predicted octanol–water partition coefficient (Wildman–Crippen LogP) is 3.46. The van der Waals surface area contributed by atoms with E-state index in [9.17, 15) is 5.11 Å². The van der Waals surface area contributed by atoms with Crippen molar-refractivity contribution in [3.8, 4) is 23.0 Å². The average molecular weight is 272 g/mol. The lowest BCUT2D eigenvalue weighted by Gasteiger charge is -2.07. The second-order valence-electron chi connectivity index (χ2n) is 4.02. The smallest absolute Gasteiger partial charge is 0.129 e. The molecule has 4 nitrogen and oxygen atoms in total. The van der Waals surface area contributed by atoms with Gasteiger partial charge >= 0.3 is 0 Å². The quantitative estimate of drug-likeness (QED) is 0.847. The third-order valence-electron chi connectivity index (χ3n) is 2.73. The summed E-state index contributed by atoms with van der Waals surface area (Å²) in [4.78, 5) is 0. The number of ether oxygens (including phenoxy) is 3. The Bertz CT molecular complexity index is 588. The number of hydrogen-bond donors (Lipinski definition) is 1. The third kappa shape index (κ3) is 3.45. The lowest BCUT2D eigenvalue weighted by Crippen LogP contribution is -1.90. The molecule has 104 valence electrons. The summed E-state index contributed by atoms with van der Waals surface area (Å²) in [5, 5.41) is 9.18. The van der Waals surface area contributed by atoms with Crippen LogP contribution >= 0.6 is 0 Å². The molecule has 1 N–H and O–H groups in total. The molecule has 0 fully saturated rings. The minimum absolute atomic E-state index is 0.207. The zero-order valence-corrected chi connectivity index (χ0v) is 11.4. The zero-order valence-electron chi connectivity index (χ0n) is 11.4. The summed E-state index contributed by atoms with van der Waals surface area (Å²) in [6, 6.07) is 12.0. The normalized spacial score (nSPS) is 10.5. The maximum absolute atomic E-state index is 9.18. The van der Waals surface area contributed by atoms with Crippen LogP contribution in [0.3, 0.4) is 0 Å². The van der Waals surface area contributed by atoms with Gasteiger partial charge in [0, 0.05) is 11.6 Å². The Kier molecular flexibility index (Phi) is 4.50. The zero-order chi connectivity index (χ0) is 14.4. The van der Waals surface area contributed by atoms with Crippen molar-refractivity contribution in [3.05, 3.63) is 54.3 Å². The van der Waals surface area contributed by atoms with Crippen LogP contribution in [0, 0.1) is 0 Å². The highest BCUT2D eigenvalue weighted by Gasteiger charge is 2.01. The molecule has 0 radical (unpaired) electrons. The van der Waals surface area contributed by atoms with Crippen molar-refractivity contribution in [1.82, 2.24) is 0 Å². The van der Waals surface area contributed by atoms with Crippen LogP contribution in [0.15, 0.2) is 48.7 Å². The van der Waals surface area contributed by atoms with E-state index < -0.39 is 0 Å². The van der Waals surface area contributed by atoms with Crippen LogP contribution in [-0.2, 0) is 0 Å². The molecule has 0 aliphatic rings. The molecule has 0 amide bonds. The van der Waals surface area contributed by atoms with E-state index in [4.69, 9.17) is 14.2 Å². The number of rotatable bonds is 5. The molecule has 0 spiro atoms. The number of aromatic hydroxyl groups is 1.